The summed E-state index contributed by atoms with van der Waals surface area (Å²) in [5, 5.41) is 7.43. The maximum absolute atomic E-state index is 3.91. The maximum Gasteiger partial charge on any atom is 0.00675 e. The topological polar surface area (TPSA) is 27.3 Å². The highest BCUT2D eigenvalue weighted by molar-refractivity contribution is 4.91. The van der Waals surface area contributed by atoms with Crippen molar-refractivity contribution in [1.82, 2.24) is 15.5 Å². The van der Waals surface area contributed by atoms with Crippen LogP contribution in [0.25, 0.3) is 0 Å². The van der Waals surface area contributed by atoms with Crippen molar-refractivity contribution in [3.05, 3.63) is 0 Å². The van der Waals surface area contributed by atoms with Crippen molar-refractivity contribution in [3.63, 3.8) is 0 Å². The van der Waals surface area contributed by atoms with E-state index >= 15 is 0 Å². The zero-order valence-electron chi connectivity index (χ0n) is 14.0. The van der Waals surface area contributed by atoms with Gasteiger partial charge in [-0.05, 0) is 95.4 Å². The maximum atomic E-state index is 3.91. The Morgan fingerprint density at radius 3 is 2.57 bits per heavy atom. The van der Waals surface area contributed by atoms with Gasteiger partial charge in [0, 0.05) is 12.6 Å². The molecule has 3 rings (SSSR count). The molecular weight excluding hydrogens is 258 g/mol. The van der Waals surface area contributed by atoms with E-state index in [1.807, 2.05) is 0 Å². The Morgan fingerprint density at radius 1 is 1.10 bits per heavy atom. The van der Waals surface area contributed by atoms with Crippen molar-refractivity contribution < 1.29 is 0 Å². The molecule has 2 aliphatic heterocycles. The first kappa shape index (κ1) is 15.8. The lowest BCUT2D eigenvalue weighted by Gasteiger charge is -2.43. The molecule has 2 saturated heterocycles. The van der Waals surface area contributed by atoms with Crippen molar-refractivity contribution >= 4 is 0 Å². The molecule has 122 valence electrons. The average Bonchev–Trinajstić information content (AvgIpc) is 2.96. The van der Waals surface area contributed by atoms with Crippen LogP contribution in [0, 0.1) is 11.3 Å². The Kier molecular flexibility index (Phi) is 5.58. The Balaban J connectivity index is 1.34. The van der Waals surface area contributed by atoms with Crippen LogP contribution in [0.5, 0.6) is 0 Å². The summed E-state index contributed by atoms with van der Waals surface area (Å²) >= 11 is 0. The van der Waals surface area contributed by atoms with Gasteiger partial charge in [-0.2, -0.15) is 0 Å². The molecule has 0 amide bonds. The standard InChI is InChI=1S/C18H35N3/c1-2-12-21-13-5-16(15-21)14-20-17-3-6-18(7-4-17)8-10-19-11-9-18/h16-17,19-20H,2-15H2,1H3/t16-/m1/s1. The Morgan fingerprint density at radius 2 is 1.86 bits per heavy atom. The van der Waals surface area contributed by atoms with Gasteiger partial charge in [-0.25, -0.2) is 0 Å². The Hall–Kier alpha value is -0.120. The van der Waals surface area contributed by atoms with Crippen molar-refractivity contribution in [2.24, 2.45) is 11.3 Å². The molecule has 0 aromatic rings. The van der Waals surface area contributed by atoms with Gasteiger partial charge in [0.2, 0.25) is 0 Å². The third-order valence-corrected chi connectivity index (χ3v) is 6.32. The minimum absolute atomic E-state index is 0.717. The molecule has 1 atom stereocenters. The zero-order chi connectivity index (χ0) is 14.5. The fourth-order valence-corrected chi connectivity index (χ4v) is 4.82. The van der Waals surface area contributed by atoms with Crippen molar-refractivity contribution in [2.45, 2.75) is 64.3 Å². The third kappa shape index (κ3) is 4.20. The summed E-state index contributed by atoms with van der Waals surface area (Å²) in [6.45, 7) is 10.0. The molecule has 0 unspecified atom stereocenters. The van der Waals surface area contributed by atoms with Gasteiger partial charge in [-0.15, -0.1) is 0 Å². The van der Waals surface area contributed by atoms with Gasteiger partial charge in [0.15, 0.2) is 0 Å². The highest BCUT2D eigenvalue weighted by Crippen LogP contribution is 2.43. The molecule has 2 N–H and O–H groups in total. The molecule has 0 aromatic carbocycles. The van der Waals surface area contributed by atoms with Crippen LogP contribution < -0.4 is 10.6 Å². The van der Waals surface area contributed by atoms with E-state index in [4.69, 9.17) is 0 Å². The monoisotopic (exact) mass is 293 g/mol. The molecule has 0 radical (unpaired) electrons. The second-order valence-corrected chi connectivity index (χ2v) is 7.89. The minimum atomic E-state index is 0.717. The van der Waals surface area contributed by atoms with Crippen LogP contribution in [0.2, 0.25) is 0 Å². The fourth-order valence-electron chi connectivity index (χ4n) is 4.82. The van der Waals surface area contributed by atoms with Crippen LogP contribution in [-0.4, -0.2) is 50.2 Å². The highest BCUT2D eigenvalue weighted by Gasteiger charge is 2.36. The van der Waals surface area contributed by atoms with Crippen molar-refractivity contribution in [3.8, 4) is 0 Å². The SMILES string of the molecule is CCCN1CC[C@H](CNC2CCC3(CCNCC3)CC2)C1. The number of nitrogens with one attached hydrogen (secondary N) is 2. The van der Waals surface area contributed by atoms with Gasteiger partial charge >= 0.3 is 0 Å². The number of likely N-dealkylation sites (tertiary alicyclic amines) is 1. The van der Waals surface area contributed by atoms with E-state index in [1.54, 1.807) is 0 Å². The van der Waals surface area contributed by atoms with Crippen LogP contribution in [0.3, 0.4) is 0 Å². The van der Waals surface area contributed by atoms with Gasteiger partial charge in [0.05, 0.1) is 0 Å². The van der Waals surface area contributed by atoms with Crippen molar-refractivity contribution in [2.75, 3.05) is 39.3 Å². The van der Waals surface area contributed by atoms with Crippen molar-refractivity contribution in [1.29, 1.82) is 0 Å². The molecule has 21 heavy (non-hydrogen) atoms. The number of rotatable bonds is 5. The van der Waals surface area contributed by atoms with E-state index in [0.717, 1.165) is 12.0 Å². The first-order valence-electron chi connectivity index (χ1n) is 9.46. The molecule has 1 spiro atoms. The average molecular weight is 293 g/mol. The molecule has 3 nitrogen and oxygen atoms in total. The summed E-state index contributed by atoms with van der Waals surface area (Å²) in [5.41, 5.74) is 0.717. The lowest BCUT2D eigenvalue weighted by Crippen LogP contribution is -2.44. The largest absolute Gasteiger partial charge is 0.317 e. The van der Waals surface area contributed by atoms with Gasteiger partial charge in [0.25, 0.3) is 0 Å². The van der Waals surface area contributed by atoms with E-state index < -0.39 is 0 Å². The first-order chi connectivity index (χ1) is 10.3. The van der Waals surface area contributed by atoms with E-state index in [-0.39, 0.29) is 0 Å². The van der Waals surface area contributed by atoms with Gasteiger partial charge < -0.3 is 15.5 Å². The number of nitrogens with zero attached hydrogens (tertiary/aromatic N) is 1. The second-order valence-electron chi connectivity index (χ2n) is 7.89. The summed E-state index contributed by atoms with van der Waals surface area (Å²) in [6, 6.07) is 0.811. The van der Waals surface area contributed by atoms with Crippen LogP contribution in [0.4, 0.5) is 0 Å². The second kappa shape index (κ2) is 7.43. The number of hydrogen-bond donors (Lipinski definition) is 2. The molecule has 3 heteroatoms. The molecule has 1 aliphatic carbocycles. The van der Waals surface area contributed by atoms with Gasteiger partial charge in [-0.1, -0.05) is 6.92 Å². The first-order valence-corrected chi connectivity index (χ1v) is 9.46. The molecule has 2 heterocycles. The summed E-state index contributed by atoms with van der Waals surface area (Å²) in [5.74, 6) is 0.909. The molecule has 0 bridgehead atoms. The zero-order valence-corrected chi connectivity index (χ0v) is 14.0. The van der Waals surface area contributed by atoms with Crippen LogP contribution in [0.1, 0.15) is 58.3 Å². The Bertz CT molecular complexity index is 302. The van der Waals surface area contributed by atoms with E-state index in [0.29, 0.717) is 5.41 Å². The van der Waals surface area contributed by atoms with Crippen LogP contribution >= 0.6 is 0 Å². The normalized spacial score (nSPS) is 31.0. The summed E-state index contributed by atoms with van der Waals surface area (Å²) in [7, 11) is 0. The molecule has 0 aromatic heterocycles. The van der Waals surface area contributed by atoms with Gasteiger partial charge in [0.1, 0.15) is 0 Å². The van der Waals surface area contributed by atoms with E-state index in [2.05, 4.69) is 22.5 Å². The molecular formula is C18H35N3. The summed E-state index contributed by atoms with van der Waals surface area (Å²) in [4.78, 5) is 2.65. The van der Waals surface area contributed by atoms with Crippen LogP contribution in [-0.2, 0) is 0 Å². The predicted octanol–water partition coefficient (Wildman–Crippen LogP) is 2.62. The third-order valence-electron chi connectivity index (χ3n) is 6.32. The smallest absolute Gasteiger partial charge is 0.00675 e. The van der Waals surface area contributed by atoms with E-state index in [1.165, 1.54) is 90.6 Å². The summed E-state index contributed by atoms with van der Waals surface area (Å²) in [6.07, 6.45) is 11.4. The Labute approximate surface area is 131 Å². The lowest BCUT2D eigenvalue weighted by atomic mass is 9.67. The van der Waals surface area contributed by atoms with Crippen LogP contribution in [0.15, 0.2) is 0 Å². The lowest BCUT2D eigenvalue weighted by molar-refractivity contribution is 0.114. The molecule has 3 fully saturated rings. The summed E-state index contributed by atoms with van der Waals surface area (Å²) < 4.78 is 0. The van der Waals surface area contributed by atoms with E-state index in [9.17, 15) is 0 Å². The number of piperidine rings is 1. The predicted molar refractivity (Wildman–Crippen MR) is 89.6 cm³/mol. The minimum Gasteiger partial charge on any atom is -0.317 e. The molecule has 3 aliphatic rings. The fraction of sp³-hybridized carbons (Fsp3) is 1.00. The highest BCUT2D eigenvalue weighted by atomic mass is 15.1. The van der Waals surface area contributed by atoms with Gasteiger partial charge in [-0.3, -0.25) is 0 Å². The number of hydrogen-bond acceptors (Lipinski definition) is 3. The molecule has 1 saturated carbocycles. The quantitative estimate of drug-likeness (QED) is 0.816.